The standard InChI is InChI=1S/C26H22N4O4S/c1-17(31)29-20-12-14-21(15-13-20)35(33,34)30-24(18-8-4-2-5-9-18)22(16-27)23(28)25(30)26(32)19-10-6-3-7-11-19/h2-15,24-25H,28H2,1H3,(H,29,31)/t24-,25-/m0/s1. The Balaban J connectivity index is 1.88. The first-order valence-electron chi connectivity index (χ1n) is 10.7. The van der Waals surface area contributed by atoms with Gasteiger partial charge in [0.05, 0.1) is 28.3 Å². The second kappa shape index (κ2) is 9.54. The van der Waals surface area contributed by atoms with E-state index in [0.717, 1.165) is 4.31 Å². The molecular weight excluding hydrogens is 464 g/mol. The SMILES string of the molecule is CC(=O)Nc1ccc(S(=O)(=O)N2[C@H](C(=O)c3ccccc3)C(N)=C(C#N)[C@@H]2c2ccccc2)cc1. The monoisotopic (exact) mass is 486 g/mol. The van der Waals surface area contributed by atoms with Gasteiger partial charge in [0, 0.05) is 18.2 Å². The number of nitrogens with zero attached hydrogens (tertiary/aromatic N) is 2. The maximum absolute atomic E-state index is 14.0. The van der Waals surface area contributed by atoms with E-state index in [9.17, 15) is 23.3 Å². The Morgan fingerprint density at radius 2 is 1.51 bits per heavy atom. The van der Waals surface area contributed by atoms with E-state index in [1.54, 1.807) is 60.7 Å². The van der Waals surface area contributed by atoms with Gasteiger partial charge in [0.25, 0.3) is 0 Å². The molecule has 0 spiro atoms. The van der Waals surface area contributed by atoms with Gasteiger partial charge in [-0.1, -0.05) is 60.7 Å². The molecule has 0 bridgehead atoms. The number of rotatable bonds is 6. The molecule has 1 aliphatic rings. The summed E-state index contributed by atoms with van der Waals surface area (Å²) in [5.74, 6) is -0.832. The lowest BCUT2D eigenvalue weighted by Gasteiger charge is -2.30. The van der Waals surface area contributed by atoms with Crippen LogP contribution in [0.3, 0.4) is 0 Å². The van der Waals surface area contributed by atoms with Crippen LogP contribution in [0.5, 0.6) is 0 Å². The highest BCUT2D eigenvalue weighted by Crippen LogP contribution is 2.43. The summed E-state index contributed by atoms with van der Waals surface area (Å²) in [7, 11) is -4.33. The van der Waals surface area contributed by atoms with Crippen molar-refractivity contribution in [2.75, 3.05) is 5.32 Å². The zero-order valence-corrected chi connectivity index (χ0v) is 19.6. The number of nitriles is 1. The van der Waals surface area contributed by atoms with Crippen molar-refractivity contribution < 1.29 is 18.0 Å². The zero-order chi connectivity index (χ0) is 25.2. The molecule has 0 saturated heterocycles. The lowest BCUT2D eigenvalue weighted by molar-refractivity contribution is -0.114. The van der Waals surface area contributed by atoms with Crippen LogP contribution in [0.4, 0.5) is 5.69 Å². The smallest absolute Gasteiger partial charge is 0.245 e. The number of nitrogens with two attached hydrogens (primary N) is 1. The third kappa shape index (κ3) is 4.45. The highest BCUT2D eigenvalue weighted by molar-refractivity contribution is 7.89. The minimum Gasteiger partial charge on any atom is -0.399 e. The summed E-state index contributed by atoms with van der Waals surface area (Å²) < 4.78 is 29.0. The normalized spacial score (nSPS) is 18.2. The second-order valence-electron chi connectivity index (χ2n) is 7.97. The number of Topliss-reactive ketones (excluding diaryl/α,β-unsaturated/α-hetero) is 1. The number of benzene rings is 3. The Morgan fingerprint density at radius 1 is 0.943 bits per heavy atom. The van der Waals surface area contributed by atoms with E-state index in [1.165, 1.54) is 31.2 Å². The summed E-state index contributed by atoms with van der Waals surface area (Å²) in [6.07, 6.45) is 0. The van der Waals surface area contributed by atoms with Gasteiger partial charge < -0.3 is 11.1 Å². The van der Waals surface area contributed by atoms with Gasteiger partial charge in [-0.15, -0.1) is 0 Å². The quantitative estimate of drug-likeness (QED) is 0.513. The van der Waals surface area contributed by atoms with E-state index in [1.807, 2.05) is 6.07 Å². The van der Waals surface area contributed by atoms with Gasteiger partial charge in [0.15, 0.2) is 5.78 Å². The van der Waals surface area contributed by atoms with Gasteiger partial charge in [-0.3, -0.25) is 9.59 Å². The van der Waals surface area contributed by atoms with Gasteiger partial charge in [0.2, 0.25) is 15.9 Å². The number of hydrogen-bond acceptors (Lipinski definition) is 6. The molecule has 3 aromatic carbocycles. The molecule has 3 aromatic rings. The van der Waals surface area contributed by atoms with Crippen LogP contribution >= 0.6 is 0 Å². The van der Waals surface area contributed by atoms with Crippen LogP contribution in [-0.2, 0) is 14.8 Å². The van der Waals surface area contributed by atoms with Crippen LogP contribution < -0.4 is 11.1 Å². The first-order chi connectivity index (χ1) is 16.8. The fraction of sp³-hybridized carbons (Fsp3) is 0.115. The molecule has 2 atom stereocenters. The lowest BCUT2D eigenvalue weighted by atomic mass is 10.00. The fourth-order valence-corrected chi connectivity index (χ4v) is 5.84. The number of sulfonamides is 1. The average Bonchev–Trinajstić information content (AvgIpc) is 3.17. The van der Waals surface area contributed by atoms with Crippen LogP contribution in [0.15, 0.2) is 101 Å². The molecule has 0 aliphatic carbocycles. The molecule has 0 radical (unpaired) electrons. The minimum atomic E-state index is -4.33. The Labute approximate surface area is 203 Å². The molecule has 0 aromatic heterocycles. The van der Waals surface area contributed by atoms with Crippen LogP contribution in [0, 0.1) is 11.3 Å². The van der Waals surface area contributed by atoms with E-state index >= 15 is 0 Å². The molecular formula is C26H22N4O4S. The third-order valence-electron chi connectivity index (χ3n) is 5.68. The maximum Gasteiger partial charge on any atom is 0.245 e. The second-order valence-corrected chi connectivity index (χ2v) is 9.81. The highest BCUT2D eigenvalue weighted by atomic mass is 32.2. The van der Waals surface area contributed by atoms with Crippen molar-refractivity contribution in [1.82, 2.24) is 4.31 Å². The Hall–Kier alpha value is -4.26. The lowest BCUT2D eigenvalue weighted by Crippen LogP contribution is -2.45. The van der Waals surface area contributed by atoms with Gasteiger partial charge in [-0.2, -0.15) is 9.57 Å². The van der Waals surface area contributed by atoms with Crippen molar-refractivity contribution >= 4 is 27.4 Å². The summed E-state index contributed by atoms with van der Waals surface area (Å²) in [6.45, 7) is 1.34. The van der Waals surface area contributed by atoms with Crippen LogP contribution in [0.25, 0.3) is 0 Å². The molecule has 35 heavy (non-hydrogen) atoms. The van der Waals surface area contributed by atoms with E-state index in [4.69, 9.17) is 5.73 Å². The number of carbonyl (C=O) groups excluding carboxylic acids is 2. The Bertz CT molecular complexity index is 1440. The molecule has 0 unspecified atom stereocenters. The van der Waals surface area contributed by atoms with E-state index in [0.29, 0.717) is 11.3 Å². The number of amides is 1. The number of anilines is 1. The molecule has 4 rings (SSSR count). The van der Waals surface area contributed by atoms with E-state index in [2.05, 4.69) is 5.32 Å². The topological polar surface area (TPSA) is 133 Å². The van der Waals surface area contributed by atoms with Crippen molar-refractivity contribution in [3.8, 4) is 6.07 Å². The summed E-state index contributed by atoms with van der Waals surface area (Å²) in [5.41, 5.74) is 7.43. The minimum absolute atomic E-state index is 0.00363. The van der Waals surface area contributed by atoms with Crippen LogP contribution in [-0.4, -0.2) is 30.5 Å². The summed E-state index contributed by atoms with van der Waals surface area (Å²) in [6, 6.07) is 21.9. The van der Waals surface area contributed by atoms with Crippen molar-refractivity contribution in [3.05, 3.63) is 107 Å². The van der Waals surface area contributed by atoms with Gasteiger partial charge in [-0.05, 0) is 29.8 Å². The van der Waals surface area contributed by atoms with Crippen molar-refractivity contribution in [3.63, 3.8) is 0 Å². The third-order valence-corrected chi connectivity index (χ3v) is 7.53. The summed E-state index contributed by atoms with van der Waals surface area (Å²) in [5, 5.41) is 12.5. The predicted octanol–water partition coefficient (Wildman–Crippen LogP) is 3.38. The first-order valence-corrected chi connectivity index (χ1v) is 12.1. The Morgan fingerprint density at radius 3 is 2.06 bits per heavy atom. The van der Waals surface area contributed by atoms with Gasteiger partial charge in [0.1, 0.15) is 6.04 Å². The summed E-state index contributed by atoms with van der Waals surface area (Å²) in [4.78, 5) is 24.8. The van der Waals surface area contributed by atoms with Crippen molar-refractivity contribution in [1.29, 1.82) is 5.26 Å². The summed E-state index contributed by atoms with van der Waals surface area (Å²) >= 11 is 0. The largest absolute Gasteiger partial charge is 0.399 e. The van der Waals surface area contributed by atoms with Crippen LogP contribution in [0.2, 0.25) is 0 Å². The zero-order valence-electron chi connectivity index (χ0n) is 18.8. The molecule has 1 aliphatic heterocycles. The number of hydrogen-bond donors (Lipinski definition) is 2. The highest BCUT2D eigenvalue weighted by Gasteiger charge is 2.50. The molecule has 3 N–H and O–H groups in total. The molecule has 0 saturated carbocycles. The van der Waals surface area contributed by atoms with E-state index in [-0.39, 0.29) is 27.6 Å². The average molecular weight is 487 g/mol. The van der Waals surface area contributed by atoms with E-state index < -0.39 is 27.9 Å². The number of ketones is 1. The Kier molecular flexibility index (Phi) is 6.51. The molecule has 8 nitrogen and oxygen atoms in total. The van der Waals surface area contributed by atoms with Crippen molar-refractivity contribution in [2.24, 2.45) is 5.73 Å². The van der Waals surface area contributed by atoms with Crippen LogP contribution in [0.1, 0.15) is 28.9 Å². The fourth-order valence-electron chi connectivity index (χ4n) is 4.12. The first kappa shape index (κ1) is 23.9. The van der Waals surface area contributed by atoms with Crippen molar-refractivity contribution in [2.45, 2.75) is 23.9 Å². The van der Waals surface area contributed by atoms with Gasteiger partial charge in [-0.25, -0.2) is 8.42 Å². The number of nitrogens with one attached hydrogen (secondary N) is 1. The maximum atomic E-state index is 14.0. The molecule has 176 valence electrons. The predicted molar refractivity (Wildman–Crippen MR) is 130 cm³/mol. The number of carbonyl (C=O) groups is 2. The van der Waals surface area contributed by atoms with Gasteiger partial charge >= 0.3 is 0 Å². The molecule has 1 amide bonds. The molecule has 0 fully saturated rings. The molecule has 9 heteroatoms. The molecule has 1 heterocycles.